The Bertz CT molecular complexity index is 1060. The maximum atomic E-state index is 11.6. The first kappa shape index (κ1) is 27.6. The summed E-state index contributed by atoms with van der Waals surface area (Å²) in [4.78, 5) is 11.6. The predicted molar refractivity (Wildman–Crippen MR) is 150 cm³/mol. The first-order valence-corrected chi connectivity index (χ1v) is 14.3. The standard InChI is InChI=1S/C31H38O4Si/c1-25(23-32)22-28(20-21-34-24-26-16-18-27(33-5)19-17-26)35-36(31(2,3)4,29-12-8-6-9-13-29)30-14-10-7-11-15-30/h6-19,22-23,28H,20-21,24H2,1-5H3/b25-22+/t28-/m0/s1. The molecule has 3 aromatic carbocycles. The van der Waals surface area contributed by atoms with Crippen LogP contribution >= 0.6 is 0 Å². The van der Waals surface area contributed by atoms with Gasteiger partial charge in [0.25, 0.3) is 8.32 Å². The van der Waals surface area contributed by atoms with Gasteiger partial charge in [0.1, 0.15) is 12.0 Å². The van der Waals surface area contributed by atoms with Crippen LogP contribution in [0.5, 0.6) is 5.75 Å². The fourth-order valence-electron chi connectivity index (χ4n) is 4.54. The first-order valence-electron chi connectivity index (χ1n) is 12.4. The summed E-state index contributed by atoms with van der Waals surface area (Å²) < 4.78 is 18.5. The van der Waals surface area contributed by atoms with Crippen LogP contribution in [-0.2, 0) is 20.6 Å². The van der Waals surface area contributed by atoms with Crippen LogP contribution in [0.3, 0.4) is 0 Å². The number of aldehydes is 1. The lowest BCUT2D eigenvalue weighted by atomic mass is 10.2. The van der Waals surface area contributed by atoms with Gasteiger partial charge in [-0.25, -0.2) is 0 Å². The minimum Gasteiger partial charge on any atom is -0.497 e. The Morgan fingerprint density at radius 2 is 1.44 bits per heavy atom. The van der Waals surface area contributed by atoms with Gasteiger partial charge in [-0.3, -0.25) is 4.79 Å². The van der Waals surface area contributed by atoms with Crippen molar-refractivity contribution in [3.8, 4) is 5.75 Å². The first-order chi connectivity index (χ1) is 17.3. The van der Waals surface area contributed by atoms with Crippen molar-refractivity contribution in [2.75, 3.05) is 13.7 Å². The highest BCUT2D eigenvalue weighted by molar-refractivity contribution is 6.99. The van der Waals surface area contributed by atoms with E-state index in [0.717, 1.165) is 17.6 Å². The highest BCUT2D eigenvalue weighted by Gasteiger charge is 2.51. The number of ether oxygens (including phenoxy) is 2. The molecule has 190 valence electrons. The number of hydrogen-bond acceptors (Lipinski definition) is 4. The molecule has 0 saturated heterocycles. The molecule has 3 aromatic rings. The van der Waals surface area contributed by atoms with Gasteiger partial charge in [-0.2, -0.15) is 0 Å². The highest BCUT2D eigenvalue weighted by atomic mass is 28.4. The van der Waals surface area contributed by atoms with Gasteiger partial charge in [-0.05, 0) is 52.0 Å². The molecule has 36 heavy (non-hydrogen) atoms. The number of allylic oxidation sites excluding steroid dienone is 1. The number of methoxy groups -OCH3 is 1. The minimum absolute atomic E-state index is 0.152. The monoisotopic (exact) mass is 502 g/mol. The number of rotatable bonds is 12. The molecule has 0 aliphatic carbocycles. The van der Waals surface area contributed by atoms with E-state index in [4.69, 9.17) is 13.9 Å². The zero-order valence-electron chi connectivity index (χ0n) is 22.1. The van der Waals surface area contributed by atoms with Crippen molar-refractivity contribution in [1.29, 1.82) is 0 Å². The Balaban J connectivity index is 1.89. The van der Waals surface area contributed by atoms with Gasteiger partial charge in [0, 0.05) is 6.61 Å². The van der Waals surface area contributed by atoms with E-state index < -0.39 is 8.32 Å². The second-order valence-electron chi connectivity index (χ2n) is 10.0. The summed E-state index contributed by atoms with van der Waals surface area (Å²) in [6.07, 6.45) is 3.21. The van der Waals surface area contributed by atoms with Crippen molar-refractivity contribution in [2.45, 2.75) is 51.9 Å². The Hall–Kier alpha value is -2.99. The van der Waals surface area contributed by atoms with Crippen LogP contribution in [0, 0.1) is 0 Å². The normalized spacial score (nSPS) is 13.3. The average molecular weight is 503 g/mol. The fraction of sp³-hybridized carbons (Fsp3) is 0.323. The summed E-state index contributed by atoms with van der Waals surface area (Å²) in [5.74, 6) is 0.826. The maximum absolute atomic E-state index is 11.6. The quantitative estimate of drug-likeness (QED) is 0.138. The Kier molecular flexibility index (Phi) is 9.82. The molecule has 0 unspecified atom stereocenters. The molecule has 0 aromatic heterocycles. The van der Waals surface area contributed by atoms with Gasteiger partial charge >= 0.3 is 0 Å². The lowest BCUT2D eigenvalue weighted by molar-refractivity contribution is -0.104. The van der Waals surface area contributed by atoms with Gasteiger partial charge in [-0.1, -0.05) is 99.6 Å². The molecule has 3 rings (SSSR count). The van der Waals surface area contributed by atoms with Crippen molar-refractivity contribution >= 4 is 25.0 Å². The van der Waals surface area contributed by atoms with Crippen LogP contribution in [0.4, 0.5) is 0 Å². The molecule has 5 heteroatoms. The molecule has 0 amide bonds. The molecule has 0 N–H and O–H groups in total. The van der Waals surface area contributed by atoms with Crippen LogP contribution < -0.4 is 15.1 Å². The summed E-state index contributed by atoms with van der Waals surface area (Å²) in [6.45, 7) is 9.61. The lowest BCUT2D eigenvalue weighted by Crippen LogP contribution is -2.67. The molecule has 0 aliphatic rings. The summed E-state index contributed by atoms with van der Waals surface area (Å²) in [7, 11) is -1.10. The van der Waals surface area contributed by atoms with E-state index in [0.29, 0.717) is 25.2 Å². The minimum atomic E-state index is -2.76. The van der Waals surface area contributed by atoms with Gasteiger partial charge < -0.3 is 13.9 Å². The van der Waals surface area contributed by atoms with Crippen molar-refractivity contribution < 1.29 is 18.7 Å². The summed E-state index contributed by atoms with van der Waals surface area (Å²) >= 11 is 0. The van der Waals surface area contributed by atoms with Crippen LogP contribution in [0.2, 0.25) is 5.04 Å². The fourth-order valence-corrected chi connectivity index (χ4v) is 9.19. The van der Waals surface area contributed by atoms with Gasteiger partial charge in [-0.15, -0.1) is 0 Å². The van der Waals surface area contributed by atoms with E-state index in [1.165, 1.54) is 10.4 Å². The van der Waals surface area contributed by atoms with E-state index >= 15 is 0 Å². The largest absolute Gasteiger partial charge is 0.497 e. The van der Waals surface area contributed by atoms with E-state index in [2.05, 4.69) is 69.3 Å². The third-order valence-electron chi connectivity index (χ3n) is 6.35. The smallest absolute Gasteiger partial charge is 0.261 e. The number of carbonyl (C=O) groups is 1. The molecule has 0 spiro atoms. The third kappa shape index (κ3) is 6.81. The number of carbonyl (C=O) groups excluding carboxylic acids is 1. The third-order valence-corrected chi connectivity index (χ3v) is 11.4. The SMILES string of the molecule is COc1ccc(COCC[C@@H](/C=C(\C)C=O)O[Si](c2ccccc2)(c2ccccc2)C(C)(C)C)cc1. The molecule has 0 aliphatic heterocycles. The van der Waals surface area contributed by atoms with E-state index in [1.54, 1.807) is 7.11 Å². The van der Waals surface area contributed by atoms with E-state index in [1.807, 2.05) is 49.4 Å². The van der Waals surface area contributed by atoms with Crippen molar-refractivity contribution in [3.63, 3.8) is 0 Å². The van der Waals surface area contributed by atoms with E-state index in [9.17, 15) is 4.79 Å². The Labute approximate surface area is 217 Å². The summed E-state index contributed by atoms with van der Waals surface area (Å²) in [6, 6.07) is 29.0. The summed E-state index contributed by atoms with van der Waals surface area (Å²) in [5, 5.41) is 2.27. The molecule has 1 atom stereocenters. The molecule has 0 heterocycles. The van der Waals surface area contributed by atoms with Crippen molar-refractivity contribution in [2.24, 2.45) is 0 Å². The lowest BCUT2D eigenvalue weighted by Gasteiger charge is -2.45. The second kappa shape index (κ2) is 12.8. The van der Waals surface area contributed by atoms with Crippen LogP contribution in [0.25, 0.3) is 0 Å². The van der Waals surface area contributed by atoms with Crippen molar-refractivity contribution in [1.82, 2.24) is 0 Å². The second-order valence-corrected chi connectivity index (χ2v) is 14.3. The zero-order valence-corrected chi connectivity index (χ0v) is 23.1. The van der Waals surface area contributed by atoms with Crippen molar-refractivity contribution in [3.05, 3.63) is 102 Å². The molecule has 0 bridgehead atoms. The molecule has 0 fully saturated rings. The molecular weight excluding hydrogens is 464 g/mol. The summed E-state index contributed by atoms with van der Waals surface area (Å²) in [5.41, 5.74) is 1.74. The predicted octanol–water partition coefficient (Wildman–Crippen LogP) is 5.69. The van der Waals surface area contributed by atoms with E-state index in [-0.39, 0.29) is 11.1 Å². The van der Waals surface area contributed by atoms with Gasteiger partial charge in [0.2, 0.25) is 0 Å². The van der Waals surface area contributed by atoms with Crippen LogP contribution in [0.15, 0.2) is 96.6 Å². The molecule has 0 radical (unpaired) electrons. The molecular formula is C31H38O4Si. The van der Waals surface area contributed by atoms with Crippen LogP contribution in [0.1, 0.15) is 39.7 Å². The van der Waals surface area contributed by atoms with Crippen LogP contribution in [-0.4, -0.2) is 34.4 Å². The molecule has 0 saturated carbocycles. The highest BCUT2D eigenvalue weighted by Crippen LogP contribution is 2.38. The van der Waals surface area contributed by atoms with Gasteiger partial charge in [0.05, 0.1) is 19.8 Å². The zero-order chi connectivity index (χ0) is 26.0. The maximum Gasteiger partial charge on any atom is 0.261 e. The van der Waals surface area contributed by atoms with Gasteiger partial charge in [0.15, 0.2) is 0 Å². The Morgan fingerprint density at radius 3 is 1.92 bits per heavy atom. The number of hydrogen-bond donors (Lipinski definition) is 0. The Morgan fingerprint density at radius 1 is 0.889 bits per heavy atom. The molecule has 4 nitrogen and oxygen atoms in total. The topological polar surface area (TPSA) is 44.8 Å². The number of benzene rings is 3. The average Bonchev–Trinajstić information content (AvgIpc) is 2.90.